The highest BCUT2D eigenvalue weighted by Crippen LogP contribution is 2.31. The summed E-state index contributed by atoms with van der Waals surface area (Å²) in [6, 6.07) is 18.3. The molecule has 4 rings (SSSR count). The summed E-state index contributed by atoms with van der Waals surface area (Å²) >= 11 is 0. The minimum absolute atomic E-state index is 0.302. The Morgan fingerprint density at radius 2 is 1.77 bits per heavy atom. The molecule has 1 fully saturated rings. The van der Waals surface area contributed by atoms with Crippen LogP contribution in [0, 0.1) is 5.92 Å². The van der Waals surface area contributed by atoms with Crippen LogP contribution in [0.1, 0.15) is 32.1 Å². The molecule has 31 heavy (non-hydrogen) atoms. The maximum Gasteiger partial charge on any atom is 0.246 e. The molecule has 0 spiro atoms. The number of nitrogens with one attached hydrogen (secondary N) is 2. The van der Waals surface area contributed by atoms with Crippen LogP contribution in [-0.2, 0) is 9.53 Å². The molecule has 1 heterocycles. The van der Waals surface area contributed by atoms with Gasteiger partial charge in [-0.1, -0.05) is 30.3 Å². The van der Waals surface area contributed by atoms with Crippen LogP contribution in [0.2, 0.25) is 0 Å². The van der Waals surface area contributed by atoms with Crippen LogP contribution in [-0.4, -0.2) is 35.1 Å². The Bertz CT molecular complexity index is 1020. The van der Waals surface area contributed by atoms with Gasteiger partial charge in [-0.2, -0.15) is 4.98 Å². The van der Waals surface area contributed by atoms with Crippen molar-refractivity contribution in [3.8, 4) is 0 Å². The van der Waals surface area contributed by atoms with E-state index in [1.807, 2.05) is 54.6 Å². The second-order valence-electron chi connectivity index (χ2n) is 8.13. The molecule has 1 aliphatic carbocycles. The number of nitrogens with zero attached hydrogens (tertiary/aromatic N) is 2. The monoisotopic (exact) mass is 419 g/mol. The minimum atomic E-state index is -0.495. The zero-order chi connectivity index (χ0) is 21.6. The van der Waals surface area contributed by atoms with E-state index in [0.29, 0.717) is 24.3 Å². The molecule has 2 aromatic carbocycles. The number of ether oxygens (including phenoxy) is 1. The van der Waals surface area contributed by atoms with E-state index in [1.165, 1.54) is 0 Å². The Kier molecular flexibility index (Phi) is 6.62. The smallest absolute Gasteiger partial charge is 0.246 e. The number of hydrogen-bond acceptors (Lipinski definition) is 6. The van der Waals surface area contributed by atoms with Crippen LogP contribution < -0.4 is 16.4 Å². The molecule has 1 aromatic heterocycles. The lowest BCUT2D eigenvalue weighted by Crippen LogP contribution is -2.34. The van der Waals surface area contributed by atoms with E-state index < -0.39 is 6.10 Å². The van der Waals surface area contributed by atoms with Crippen molar-refractivity contribution < 1.29 is 9.53 Å². The molecule has 0 aliphatic heterocycles. The molecule has 162 valence electrons. The lowest BCUT2D eigenvalue weighted by Gasteiger charge is -2.30. The first-order valence-corrected chi connectivity index (χ1v) is 10.8. The molecule has 0 bridgehead atoms. The zero-order valence-corrected chi connectivity index (χ0v) is 17.8. The number of carbonyl (C=O) groups is 1. The first-order chi connectivity index (χ1) is 15.1. The average molecular weight is 420 g/mol. The molecule has 0 saturated heterocycles. The number of benzene rings is 2. The molecule has 1 saturated carbocycles. The molecular formula is C24H29N5O2. The predicted molar refractivity (Wildman–Crippen MR) is 123 cm³/mol. The fraction of sp³-hybridized carbons (Fsp3) is 0.375. The number of amides is 1. The third-order valence-corrected chi connectivity index (χ3v) is 5.97. The Morgan fingerprint density at radius 1 is 1.06 bits per heavy atom. The number of fused-ring (bicyclic) bond motifs is 1. The summed E-state index contributed by atoms with van der Waals surface area (Å²) in [6.07, 6.45) is 4.23. The third-order valence-electron chi connectivity index (χ3n) is 5.97. The van der Waals surface area contributed by atoms with Crippen LogP contribution in [0.3, 0.4) is 0 Å². The maximum atomic E-state index is 11.4. The molecule has 7 heteroatoms. The van der Waals surface area contributed by atoms with Gasteiger partial charge in [-0.25, -0.2) is 4.98 Å². The fourth-order valence-corrected chi connectivity index (χ4v) is 4.25. The minimum Gasteiger partial charge on any atom is -0.372 e. The normalized spacial score (nSPS) is 19.6. The standard InChI is InChI=1S/C24H29N5O2/c1-31-21(22(25)30)15-16-11-13-18(14-12-16)27-24-28-20-10-6-5-9-19(20)23(29-24)26-17-7-3-2-4-8-17/h2-10,16,18,21H,11-15H2,1H3,(H2,25,30)(H2,26,27,28,29)/t16-,18-,21?. The number of nitrogens with two attached hydrogens (primary N) is 1. The number of hydrogen-bond donors (Lipinski definition) is 3. The van der Waals surface area contributed by atoms with Crippen molar-refractivity contribution in [1.29, 1.82) is 0 Å². The summed E-state index contributed by atoms with van der Waals surface area (Å²) in [4.78, 5) is 21.0. The average Bonchev–Trinajstić information content (AvgIpc) is 2.79. The lowest BCUT2D eigenvalue weighted by molar-refractivity contribution is -0.128. The largest absolute Gasteiger partial charge is 0.372 e. The second-order valence-corrected chi connectivity index (χ2v) is 8.13. The number of primary amides is 1. The van der Waals surface area contributed by atoms with Crippen LogP contribution >= 0.6 is 0 Å². The van der Waals surface area contributed by atoms with Gasteiger partial charge in [0.25, 0.3) is 0 Å². The van der Waals surface area contributed by atoms with E-state index in [9.17, 15) is 4.79 Å². The Balaban J connectivity index is 1.45. The van der Waals surface area contributed by atoms with E-state index >= 15 is 0 Å². The van der Waals surface area contributed by atoms with Gasteiger partial charge in [-0.15, -0.1) is 0 Å². The summed E-state index contributed by atoms with van der Waals surface area (Å²) in [7, 11) is 1.54. The van der Waals surface area contributed by atoms with Crippen LogP contribution in [0.25, 0.3) is 10.9 Å². The van der Waals surface area contributed by atoms with Crippen molar-refractivity contribution in [2.45, 2.75) is 44.2 Å². The number of para-hydroxylation sites is 2. The number of methoxy groups -OCH3 is 1. The van der Waals surface area contributed by atoms with Crippen LogP contribution in [0.15, 0.2) is 54.6 Å². The number of aromatic nitrogens is 2. The zero-order valence-electron chi connectivity index (χ0n) is 17.8. The molecule has 1 amide bonds. The highest BCUT2D eigenvalue weighted by molar-refractivity contribution is 5.91. The van der Waals surface area contributed by atoms with Crippen molar-refractivity contribution in [2.24, 2.45) is 11.7 Å². The van der Waals surface area contributed by atoms with E-state index in [1.54, 1.807) is 7.11 Å². The van der Waals surface area contributed by atoms with Gasteiger partial charge in [0.15, 0.2) is 0 Å². The molecule has 0 radical (unpaired) electrons. The summed E-state index contributed by atoms with van der Waals surface area (Å²) in [5.74, 6) is 1.49. The van der Waals surface area contributed by atoms with Crippen LogP contribution in [0.4, 0.5) is 17.5 Å². The van der Waals surface area contributed by atoms with Crippen molar-refractivity contribution in [3.63, 3.8) is 0 Å². The second kappa shape index (κ2) is 9.75. The number of carbonyl (C=O) groups excluding carboxylic acids is 1. The summed E-state index contributed by atoms with van der Waals surface area (Å²) in [6.45, 7) is 0. The van der Waals surface area contributed by atoms with E-state index in [0.717, 1.165) is 48.1 Å². The number of anilines is 3. The van der Waals surface area contributed by atoms with Gasteiger partial charge in [0.05, 0.1) is 5.52 Å². The topological polar surface area (TPSA) is 102 Å². The summed E-state index contributed by atoms with van der Waals surface area (Å²) < 4.78 is 5.22. The van der Waals surface area contributed by atoms with E-state index in [4.69, 9.17) is 20.4 Å². The Morgan fingerprint density at radius 3 is 2.48 bits per heavy atom. The maximum absolute atomic E-state index is 11.4. The highest BCUT2D eigenvalue weighted by Gasteiger charge is 2.26. The van der Waals surface area contributed by atoms with Gasteiger partial charge < -0.3 is 21.1 Å². The van der Waals surface area contributed by atoms with Gasteiger partial charge in [0.2, 0.25) is 11.9 Å². The first-order valence-electron chi connectivity index (χ1n) is 10.8. The Hall–Kier alpha value is -3.19. The number of rotatable bonds is 8. The van der Waals surface area contributed by atoms with Gasteiger partial charge in [0.1, 0.15) is 11.9 Å². The highest BCUT2D eigenvalue weighted by atomic mass is 16.5. The van der Waals surface area contributed by atoms with Crippen molar-refractivity contribution in [2.75, 3.05) is 17.7 Å². The van der Waals surface area contributed by atoms with Crippen molar-refractivity contribution in [3.05, 3.63) is 54.6 Å². The predicted octanol–water partition coefficient (Wildman–Crippen LogP) is 4.23. The molecule has 1 aliphatic rings. The third kappa shape index (κ3) is 5.30. The summed E-state index contributed by atoms with van der Waals surface area (Å²) in [5.41, 5.74) is 7.30. The molecule has 1 atom stereocenters. The van der Waals surface area contributed by atoms with Gasteiger partial charge in [0, 0.05) is 24.2 Å². The molecule has 7 nitrogen and oxygen atoms in total. The molecule has 3 aromatic rings. The molecule has 4 N–H and O–H groups in total. The lowest BCUT2D eigenvalue weighted by atomic mass is 9.82. The molecular weight excluding hydrogens is 390 g/mol. The Labute approximate surface area is 182 Å². The van der Waals surface area contributed by atoms with Gasteiger partial charge in [-0.3, -0.25) is 4.79 Å². The van der Waals surface area contributed by atoms with Crippen molar-refractivity contribution in [1.82, 2.24) is 9.97 Å². The molecule has 1 unspecified atom stereocenters. The quantitative estimate of drug-likeness (QED) is 0.505. The summed E-state index contributed by atoms with van der Waals surface area (Å²) in [5, 5.41) is 7.93. The first kappa shape index (κ1) is 21.1. The SMILES string of the molecule is COC(C[C@H]1CC[C@H](Nc2nc(Nc3ccccc3)c3ccccc3n2)CC1)C(N)=O. The van der Waals surface area contributed by atoms with Gasteiger partial charge >= 0.3 is 0 Å². The van der Waals surface area contributed by atoms with E-state index in [2.05, 4.69) is 10.6 Å². The van der Waals surface area contributed by atoms with Crippen molar-refractivity contribution >= 4 is 34.3 Å². The van der Waals surface area contributed by atoms with Crippen LogP contribution in [0.5, 0.6) is 0 Å². The fourth-order valence-electron chi connectivity index (χ4n) is 4.25. The van der Waals surface area contributed by atoms with Gasteiger partial charge in [-0.05, 0) is 62.3 Å². The van der Waals surface area contributed by atoms with E-state index in [-0.39, 0.29) is 5.91 Å².